The zero-order valence-corrected chi connectivity index (χ0v) is 22.2. The van der Waals surface area contributed by atoms with Crippen LogP contribution in [-0.4, -0.2) is 31.7 Å². The van der Waals surface area contributed by atoms with Crippen molar-refractivity contribution in [3.05, 3.63) is 81.5 Å². The molecule has 3 N–H and O–H groups in total. The topological polar surface area (TPSA) is 106 Å². The molecule has 2 heterocycles. The van der Waals surface area contributed by atoms with E-state index in [9.17, 15) is 18.2 Å². The maximum atomic E-state index is 14.8. The van der Waals surface area contributed by atoms with E-state index in [1.54, 1.807) is 61.4 Å². The minimum absolute atomic E-state index is 0.0352. The predicted octanol–water partition coefficient (Wildman–Crippen LogP) is 4.17. The van der Waals surface area contributed by atoms with E-state index in [0.717, 1.165) is 23.8 Å². The number of anilines is 2. The molecular weight excluding hydrogens is 509 g/mol. The van der Waals surface area contributed by atoms with E-state index in [4.69, 9.17) is 4.74 Å². The Morgan fingerprint density at radius 3 is 2.58 bits per heavy atom. The Bertz CT molecular complexity index is 1660. The lowest BCUT2D eigenvalue weighted by Gasteiger charge is -2.21. The number of hydrogen-bond acceptors (Lipinski definition) is 5. The lowest BCUT2D eigenvalue weighted by Crippen LogP contribution is -2.31. The van der Waals surface area contributed by atoms with E-state index in [0.29, 0.717) is 11.3 Å². The number of halogens is 1. The largest absolute Gasteiger partial charge is 0.456 e. The van der Waals surface area contributed by atoms with Crippen LogP contribution in [0.15, 0.2) is 53.5 Å². The fourth-order valence-corrected chi connectivity index (χ4v) is 4.94. The van der Waals surface area contributed by atoms with Crippen LogP contribution in [0.4, 0.5) is 15.9 Å². The number of rotatable bonds is 8. The summed E-state index contributed by atoms with van der Waals surface area (Å²) in [7, 11) is 3.11. The molecule has 1 amide bonds. The van der Waals surface area contributed by atoms with Crippen LogP contribution in [-0.2, 0) is 18.2 Å². The van der Waals surface area contributed by atoms with Gasteiger partial charge in [-0.1, -0.05) is 6.07 Å². The first-order valence-electron chi connectivity index (χ1n) is 12.1. The van der Waals surface area contributed by atoms with Gasteiger partial charge in [-0.25, -0.2) is 13.3 Å². The van der Waals surface area contributed by atoms with Crippen LogP contribution in [0.5, 0.6) is 11.5 Å². The smallest absolute Gasteiger partial charge is 0.259 e. The molecule has 1 atom stereocenters. The molecule has 11 heteroatoms. The van der Waals surface area contributed by atoms with E-state index in [-0.39, 0.29) is 34.4 Å². The van der Waals surface area contributed by atoms with Crippen molar-refractivity contribution in [2.24, 2.45) is 7.05 Å². The number of nitrogens with one attached hydrogen (secondary N) is 3. The van der Waals surface area contributed by atoms with Crippen molar-refractivity contribution in [1.82, 2.24) is 18.6 Å². The summed E-state index contributed by atoms with van der Waals surface area (Å²) in [6.45, 7) is 3.35. The third kappa shape index (κ3) is 4.82. The fraction of sp³-hybridized carbons (Fsp3) is 0.259. The average molecular weight is 538 g/mol. The van der Waals surface area contributed by atoms with Crippen LogP contribution in [0.25, 0.3) is 10.9 Å². The summed E-state index contributed by atoms with van der Waals surface area (Å²) in [5, 5.41) is 6.75. The fourth-order valence-electron chi connectivity index (χ4n) is 4.24. The van der Waals surface area contributed by atoms with Crippen LogP contribution >= 0.6 is 0 Å². The molecule has 0 bridgehead atoms. The highest BCUT2D eigenvalue weighted by molar-refractivity contribution is 7.81. The number of ether oxygens (including phenoxy) is 1. The van der Waals surface area contributed by atoms with Gasteiger partial charge in [0.1, 0.15) is 22.9 Å². The Kier molecular flexibility index (Phi) is 6.80. The second-order valence-corrected chi connectivity index (χ2v) is 10.6. The average Bonchev–Trinajstić information content (AvgIpc) is 3.61. The Labute approximate surface area is 221 Å². The van der Waals surface area contributed by atoms with Crippen LogP contribution in [0.3, 0.4) is 0 Å². The van der Waals surface area contributed by atoms with Gasteiger partial charge in [-0.05, 0) is 69.6 Å². The van der Waals surface area contributed by atoms with Gasteiger partial charge in [0.15, 0.2) is 16.9 Å². The lowest BCUT2D eigenvalue weighted by molar-refractivity contribution is 0.0948. The predicted molar refractivity (Wildman–Crippen MR) is 146 cm³/mol. The molecule has 1 saturated carbocycles. The first-order valence-corrected chi connectivity index (χ1v) is 13.2. The van der Waals surface area contributed by atoms with Gasteiger partial charge >= 0.3 is 0 Å². The third-order valence-electron chi connectivity index (χ3n) is 6.48. The zero-order valence-electron chi connectivity index (χ0n) is 21.4. The number of amides is 1. The molecule has 5 rings (SSSR count). The van der Waals surface area contributed by atoms with Crippen molar-refractivity contribution in [2.45, 2.75) is 32.7 Å². The SMILES string of the molecule is CNS(=O)n1ccc2ccc(Oc3c(C(=O)NC4CC4)c(Nc4ccc(C)cc4F)n(C)c(=O)c3C)cc21. The van der Waals surface area contributed by atoms with Crippen molar-refractivity contribution in [1.29, 1.82) is 0 Å². The van der Waals surface area contributed by atoms with Crippen LogP contribution < -0.4 is 25.7 Å². The Balaban J connectivity index is 1.66. The zero-order chi connectivity index (χ0) is 27.1. The number of hydrogen-bond donors (Lipinski definition) is 3. The Morgan fingerprint density at radius 2 is 1.89 bits per heavy atom. The van der Waals surface area contributed by atoms with Crippen molar-refractivity contribution >= 4 is 39.5 Å². The first kappa shape index (κ1) is 25.7. The Morgan fingerprint density at radius 1 is 1.13 bits per heavy atom. The quantitative estimate of drug-likeness (QED) is 0.313. The van der Waals surface area contributed by atoms with Crippen molar-refractivity contribution < 1.29 is 18.1 Å². The van der Waals surface area contributed by atoms with Crippen LogP contribution in [0.2, 0.25) is 0 Å². The second-order valence-electron chi connectivity index (χ2n) is 9.32. The maximum Gasteiger partial charge on any atom is 0.259 e. The summed E-state index contributed by atoms with van der Waals surface area (Å²) in [5.41, 5.74) is 1.40. The normalized spacial score (nSPS) is 13.9. The second kappa shape index (κ2) is 10.1. The lowest BCUT2D eigenvalue weighted by atomic mass is 10.1. The van der Waals surface area contributed by atoms with Crippen molar-refractivity contribution in [3.63, 3.8) is 0 Å². The van der Waals surface area contributed by atoms with E-state index in [1.807, 2.05) is 6.07 Å². The maximum absolute atomic E-state index is 14.8. The monoisotopic (exact) mass is 537 g/mol. The molecule has 9 nitrogen and oxygen atoms in total. The number of nitrogens with zero attached hydrogens (tertiary/aromatic N) is 2. The molecule has 1 aliphatic carbocycles. The van der Waals surface area contributed by atoms with Gasteiger partial charge in [0, 0.05) is 30.7 Å². The number of fused-ring (bicyclic) bond motifs is 1. The van der Waals surface area contributed by atoms with Crippen LogP contribution in [0.1, 0.15) is 34.3 Å². The summed E-state index contributed by atoms with van der Waals surface area (Å²) >= 11 is -1.49. The molecule has 2 aromatic carbocycles. The van der Waals surface area contributed by atoms with Crippen LogP contribution in [0, 0.1) is 19.7 Å². The number of carbonyl (C=O) groups is 1. The van der Waals surface area contributed by atoms with Gasteiger partial charge in [-0.3, -0.25) is 18.1 Å². The van der Waals surface area contributed by atoms with Gasteiger partial charge < -0.3 is 15.4 Å². The minimum atomic E-state index is -1.49. The Hall–Kier alpha value is -3.96. The van der Waals surface area contributed by atoms with E-state index >= 15 is 0 Å². The summed E-state index contributed by atoms with van der Waals surface area (Å²) in [4.78, 5) is 26.8. The molecular formula is C27H28FN5O4S. The standard InChI is InChI=1S/C27H28FN5O4S/c1-15-5-10-21(20(28)13-15)31-25-23(26(34)30-18-7-8-18)24(16(2)27(35)32(25)4)37-19-9-6-17-11-12-33(22(17)14-19)38(36)29-3/h5-6,9-14,18,29,31H,7-8H2,1-4H3,(H,30,34). The molecule has 38 heavy (non-hydrogen) atoms. The third-order valence-corrected chi connectivity index (χ3v) is 7.51. The molecule has 1 aliphatic rings. The number of carbonyl (C=O) groups excluding carboxylic acids is 1. The molecule has 0 spiro atoms. The minimum Gasteiger partial charge on any atom is -0.456 e. The number of aryl methyl sites for hydroxylation is 1. The van der Waals surface area contributed by atoms with Crippen molar-refractivity contribution in [3.8, 4) is 11.5 Å². The molecule has 2 aromatic heterocycles. The summed E-state index contributed by atoms with van der Waals surface area (Å²) in [6.07, 6.45) is 3.41. The molecule has 0 radical (unpaired) electrons. The van der Waals surface area contributed by atoms with Gasteiger partial charge in [-0.15, -0.1) is 0 Å². The first-order chi connectivity index (χ1) is 18.2. The van der Waals surface area contributed by atoms with E-state index < -0.39 is 28.5 Å². The van der Waals surface area contributed by atoms with E-state index in [1.165, 1.54) is 17.7 Å². The molecule has 198 valence electrons. The molecule has 4 aromatic rings. The highest BCUT2D eigenvalue weighted by atomic mass is 32.2. The molecule has 0 saturated heterocycles. The van der Waals surface area contributed by atoms with Gasteiger partial charge in [0.05, 0.1) is 16.8 Å². The van der Waals surface area contributed by atoms with Gasteiger partial charge in [0.25, 0.3) is 11.5 Å². The highest BCUT2D eigenvalue weighted by Crippen LogP contribution is 2.36. The number of benzene rings is 2. The van der Waals surface area contributed by atoms with Gasteiger partial charge in [-0.2, -0.15) is 0 Å². The summed E-state index contributed by atoms with van der Waals surface area (Å²) in [6, 6.07) is 11.7. The summed E-state index contributed by atoms with van der Waals surface area (Å²) in [5.74, 6) is -0.435. The molecule has 1 fully saturated rings. The number of pyridine rings is 1. The van der Waals surface area contributed by atoms with E-state index in [2.05, 4.69) is 15.4 Å². The molecule has 1 unspecified atom stereocenters. The molecule has 0 aliphatic heterocycles. The number of aromatic nitrogens is 2. The van der Waals surface area contributed by atoms with Crippen molar-refractivity contribution in [2.75, 3.05) is 12.4 Å². The van der Waals surface area contributed by atoms with Gasteiger partial charge in [0.2, 0.25) is 0 Å². The highest BCUT2D eigenvalue weighted by Gasteiger charge is 2.30. The summed E-state index contributed by atoms with van der Waals surface area (Å²) < 4.78 is 38.9.